The van der Waals surface area contributed by atoms with E-state index < -0.39 is 0 Å². The van der Waals surface area contributed by atoms with E-state index in [1.54, 1.807) is 12.1 Å². The van der Waals surface area contributed by atoms with E-state index in [4.69, 9.17) is 0 Å². The van der Waals surface area contributed by atoms with Gasteiger partial charge in [0, 0.05) is 12.5 Å². The Labute approximate surface area is 126 Å². The minimum Gasteiger partial charge on any atom is -0.316 e. The van der Waals surface area contributed by atoms with Crippen LogP contribution in [0.4, 0.5) is 4.39 Å². The van der Waals surface area contributed by atoms with Gasteiger partial charge >= 0.3 is 0 Å². The van der Waals surface area contributed by atoms with Crippen molar-refractivity contribution in [1.29, 1.82) is 0 Å². The number of halogens is 1. The first-order valence-corrected chi connectivity index (χ1v) is 7.83. The largest absolute Gasteiger partial charge is 0.316 e. The van der Waals surface area contributed by atoms with Crippen molar-refractivity contribution < 1.29 is 4.39 Å². The summed E-state index contributed by atoms with van der Waals surface area (Å²) in [7, 11) is 0. The highest BCUT2D eigenvalue weighted by Gasteiger charge is 2.29. The van der Waals surface area contributed by atoms with E-state index in [1.165, 1.54) is 11.1 Å². The van der Waals surface area contributed by atoms with Crippen LogP contribution in [0.1, 0.15) is 41.9 Å². The quantitative estimate of drug-likeness (QED) is 0.888. The monoisotopic (exact) mass is 283 g/mol. The summed E-state index contributed by atoms with van der Waals surface area (Å²) >= 11 is 0. The van der Waals surface area contributed by atoms with Gasteiger partial charge in [-0.05, 0) is 48.1 Å². The lowest BCUT2D eigenvalue weighted by atomic mass is 9.77. The van der Waals surface area contributed by atoms with Gasteiger partial charge in [-0.1, -0.05) is 49.4 Å². The maximum atomic E-state index is 14.2. The fourth-order valence-electron chi connectivity index (χ4n) is 3.36. The van der Waals surface area contributed by atoms with Crippen LogP contribution in [-0.4, -0.2) is 13.1 Å². The molecule has 0 bridgehead atoms. The first-order chi connectivity index (χ1) is 10.3. The summed E-state index contributed by atoms with van der Waals surface area (Å²) in [5.74, 6) is 0.530. The van der Waals surface area contributed by atoms with Crippen molar-refractivity contribution in [2.75, 3.05) is 13.1 Å². The number of piperidine rings is 1. The molecular formula is C19H22FN. The number of nitrogens with one attached hydrogen (secondary N) is 1. The van der Waals surface area contributed by atoms with Crippen LogP contribution < -0.4 is 5.32 Å². The van der Waals surface area contributed by atoms with E-state index in [0.29, 0.717) is 5.92 Å². The lowest BCUT2D eigenvalue weighted by molar-refractivity contribution is 0.393. The zero-order valence-corrected chi connectivity index (χ0v) is 12.5. The number of hydrogen-bond donors (Lipinski definition) is 1. The Balaban J connectivity index is 1.92. The smallest absolute Gasteiger partial charge is 0.126 e. The van der Waals surface area contributed by atoms with Crippen molar-refractivity contribution in [2.24, 2.45) is 0 Å². The van der Waals surface area contributed by atoms with E-state index in [1.807, 2.05) is 12.1 Å². The average Bonchev–Trinajstić information content (AvgIpc) is 2.55. The van der Waals surface area contributed by atoms with Crippen LogP contribution in [0.2, 0.25) is 0 Å². The van der Waals surface area contributed by atoms with Crippen molar-refractivity contribution in [3.63, 3.8) is 0 Å². The maximum absolute atomic E-state index is 14.2. The molecule has 1 aliphatic rings. The van der Waals surface area contributed by atoms with Crippen molar-refractivity contribution in [3.8, 4) is 0 Å². The van der Waals surface area contributed by atoms with Gasteiger partial charge in [-0.3, -0.25) is 0 Å². The molecule has 1 heterocycles. The van der Waals surface area contributed by atoms with Crippen LogP contribution >= 0.6 is 0 Å². The van der Waals surface area contributed by atoms with E-state index in [-0.39, 0.29) is 11.7 Å². The molecule has 2 atom stereocenters. The van der Waals surface area contributed by atoms with Gasteiger partial charge in [-0.25, -0.2) is 4.39 Å². The molecule has 21 heavy (non-hydrogen) atoms. The first kappa shape index (κ1) is 14.3. The maximum Gasteiger partial charge on any atom is 0.126 e. The number of rotatable bonds is 3. The molecule has 1 N–H and O–H groups in total. The molecule has 0 radical (unpaired) electrons. The van der Waals surface area contributed by atoms with Crippen LogP contribution in [-0.2, 0) is 6.42 Å². The summed E-state index contributed by atoms with van der Waals surface area (Å²) < 4.78 is 14.2. The predicted molar refractivity (Wildman–Crippen MR) is 85.2 cm³/mol. The predicted octanol–water partition coefficient (Wildman–Crippen LogP) is 4.25. The molecule has 2 aromatic carbocycles. The van der Waals surface area contributed by atoms with Crippen LogP contribution in [0, 0.1) is 5.82 Å². The lowest BCUT2D eigenvalue weighted by Crippen LogP contribution is -2.34. The number of aryl methyl sites for hydroxylation is 1. The lowest BCUT2D eigenvalue weighted by Gasteiger charge is -2.33. The summed E-state index contributed by atoms with van der Waals surface area (Å²) in [6.45, 7) is 4.02. The van der Waals surface area contributed by atoms with Gasteiger partial charge in [0.1, 0.15) is 5.82 Å². The molecule has 2 aromatic rings. The van der Waals surface area contributed by atoms with Crippen molar-refractivity contribution in [1.82, 2.24) is 5.32 Å². The third-order valence-electron chi connectivity index (χ3n) is 4.60. The fourth-order valence-corrected chi connectivity index (χ4v) is 3.36. The molecule has 0 aliphatic carbocycles. The van der Waals surface area contributed by atoms with Crippen LogP contribution in [0.15, 0.2) is 48.5 Å². The second-order valence-corrected chi connectivity index (χ2v) is 5.82. The Morgan fingerprint density at radius 1 is 1.05 bits per heavy atom. The second-order valence-electron chi connectivity index (χ2n) is 5.82. The third kappa shape index (κ3) is 3.01. The molecule has 0 saturated carbocycles. The van der Waals surface area contributed by atoms with E-state index in [0.717, 1.165) is 31.5 Å². The Hall–Kier alpha value is -1.67. The average molecular weight is 283 g/mol. The van der Waals surface area contributed by atoms with E-state index in [2.05, 4.69) is 36.5 Å². The third-order valence-corrected chi connectivity index (χ3v) is 4.60. The second kappa shape index (κ2) is 6.40. The van der Waals surface area contributed by atoms with Gasteiger partial charge in [-0.15, -0.1) is 0 Å². The van der Waals surface area contributed by atoms with Gasteiger partial charge in [-0.2, -0.15) is 0 Å². The van der Waals surface area contributed by atoms with Gasteiger partial charge in [0.05, 0.1) is 0 Å². The summed E-state index contributed by atoms with van der Waals surface area (Å²) in [4.78, 5) is 0. The van der Waals surface area contributed by atoms with Gasteiger partial charge < -0.3 is 5.32 Å². The van der Waals surface area contributed by atoms with Gasteiger partial charge in [0.2, 0.25) is 0 Å². The Bertz CT molecular complexity index is 591. The molecule has 1 nitrogen and oxygen atoms in total. The minimum absolute atomic E-state index is 0.0821. The van der Waals surface area contributed by atoms with Gasteiger partial charge in [0.15, 0.2) is 0 Å². The van der Waals surface area contributed by atoms with Crippen LogP contribution in [0.3, 0.4) is 0 Å². The molecule has 0 amide bonds. The van der Waals surface area contributed by atoms with Crippen molar-refractivity contribution >= 4 is 0 Å². The zero-order chi connectivity index (χ0) is 14.7. The van der Waals surface area contributed by atoms with Crippen LogP contribution in [0.25, 0.3) is 0 Å². The molecule has 110 valence electrons. The summed E-state index contributed by atoms with van der Waals surface area (Å²) in [6.07, 6.45) is 2.12. The van der Waals surface area contributed by atoms with E-state index >= 15 is 0 Å². The SMILES string of the molecule is CCc1ccc(C2CCNCC2c2ccccc2F)cc1. The highest BCUT2D eigenvalue weighted by atomic mass is 19.1. The first-order valence-electron chi connectivity index (χ1n) is 7.83. The fraction of sp³-hybridized carbons (Fsp3) is 0.368. The highest BCUT2D eigenvalue weighted by Crippen LogP contribution is 2.38. The molecule has 1 fully saturated rings. The molecular weight excluding hydrogens is 261 g/mol. The topological polar surface area (TPSA) is 12.0 Å². The Kier molecular flexibility index (Phi) is 4.35. The molecule has 3 rings (SSSR count). The molecule has 0 spiro atoms. The molecule has 1 saturated heterocycles. The Morgan fingerprint density at radius 2 is 1.81 bits per heavy atom. The summed E-state index contributed by atoms with van der Waals surface area (Å²) in [5.41, 5.74) is 3.53. The number of benzene rings is 2. The normalized spacial score (nSPS) is 22.2. The standard InChI is InChI=1S/C19H22FN/c1-2-14-7-9-15(10-8-14)16-11-12-21-13-18(16)17-5-3-4-6-19(17)20/h3-10,16,18,21H,2,11-13H2,1H3. The van der Waals surface area contributed by atoms with Crippen molar-refractivity contribution in [2.45, 2.75) is 31.6 Å². The summed E-state index contributed by atoms with van der Waals surface area (Å²) in [6, 6.07) is 16.1. The summed E-state index contributed by atoms with van der Waals surface area (Å²) in [5, 5.41) is 3.42. The van der Waals surface area contributed by atoms with E-state index in [9.17, 15) is 4.39 Å². The molecule has 2 unspecified atom stereocenters. The Morgan fingerprint density at radius 3 is 2.52 bits per heavy atom. The number of hydrogen-bond acceptors (Lipinski definition) is 1. The minimum atomic E-state index is -0.0821. The highest BCUT2D eigenvalue weighted by molar-refractivity contribution is 5.32. The van der Waals surface area contributed by atoms with Crippen LogP contribution in [0.5, 0.6) is 0 Å². The molecule has 2 heteroatoms. The van der Waals surface area contributed by atoms with Crippen molar-refractivity contribution in [3.05, 3.63) is 71.0 Å². The molecule has 1 aliphatic heterocycles. The zero-order valence-electron chi connectivity index (χ0n) is 12.5. The van der Waals surface area contributed by atoms with Gasteiger partial charge in [0.25, 0.3) is 0 Å². The molecule has 0 aromatic heterocycles.